The van der Waals surface area contributed by atoms with E-state index in [0.717, 1.165) is 31.4 Å². The van der Waals surface area contributed by atoms with Crippen molar-refractivity contribution in [3.8, 4) is 0 Å². The average molecular weight is 234 g/mol. The number of hydrogen-bond donors (Lipinski definition) is 2. The zero-order valence-corrected chi connectivity index (χ0v) is 9.76. The number of unbranched alkanes of at least 4 members (excludes halogenated alkanes) is 3. The fourth-order valence-corrected chi connectivity index (χ4v) is 2.19. The Balaban J connectivity index is 3.67. The van der Waals surface area contributed by atoms with Gasteiger partial charge in [0.05, 0.1) is 6.42 Å². The van der Waals surface area contributed by atoms with Crippen LogP contribution in [-0.4, -0.2) is 33.2 Å². The van der Waals surface area contributed by atoms with Crippen molar-refractivity contribution in [2.24, 2.45) is 0 Å². The first kappa shape index (κ1) is 14.3. The molecule has 0 aliphatic carbocycles. The first-order chi connectivity index (χ1) is 7.07. The lowest BCUT2D eigenvalue weighted by Gasteiger charge is -2.08. The molecule has 4 nitrogen and oxygen atoms in total. The zero-order chi connectivity index (χ0) is 11.7. The van der Waals surface area contributed by atoms with Crippen LogP contribution in [0.4, 0.5) is 0 Å². The maximum absolute atomic E-state index is 10.7. The fourth-order valence-electron chi connectivity index (χ4n) is 1.13. The molecule has 0 heterocycles. The van der Waals surface area contributed by atoms with E-state index in [4.69, 9.17) is 10.2 Å². The van der Waals surface area contributed by atoms with E-state index in [9.17, 15) is 9.59 Å². The quantitative estimate of drug-likeness (QED) is 0.598. The largest absolute Gasteiger partial charge is 0.481 e. The average Bonchev–Trinajstić information content (AvgIpc) is 2.15. The molecule has 0 aliphatic rings. The molecule has 0 fully saturated rings. The van der Waals surface area contributed by atoms with E-state index >= 15 is 0 Å². The molecule has 0 amide bonds. The number of hydrogen-bond acceptors (Lipinski definition) is 3. The van der Waals surface area contributed by atoms with Crippen molar-refractivity contribution in [1.29, 1.82) is 0 Å². The van der Waals surface area contributed by atoms with Gasteiger partial charge in [0.2, 0.25) is 0 Å². The van der Waals surface area contributed by atoms with Crippen molar-refractivity contribution in [2.75, 3.05) is 5.75 Å². The fraction of sp³-hybridized carbons (Fsp3) is 0.800. The van der Waals surface area contributed by atoms with Gasteiger partial charge < -0.3 is 10.2 Å². The molecule has 15 heavy (non-hydrogen) atoms. The summed E-state index contributed by atoms with van der Waals surface area (Å²) < 4.78 is 0. The van der Waals surface area contributed by atoms with Crippen LogP contribution in [0, 0.1) is 0 Å². The van der Waals surface area contributed by atoms with Gasteiger partial charge in [0.1, 0.15) is 5.25 Å². The van der Waals surface area contributed by atoms with E-state index in [2.05, 4.69) is 6.92 Å². The van der Waals surface area contributed by atoms with Gasteiger partial charge in [0, 0.05) is 0 Å². The molecule has 0 aromatic heterocycles. The van der Waals surface area contributed by atoms with Crippen LogP contribution in [0.25, 0.3) is 0 Å². The summed E-state index contributed by atoms with van der Waals surface area (Å²) in [6.07, 6.45) is 4.04. The summed E-state index contributed by atoms with van der Waals surface area (Å²) in [7, 11) is 0. The molecule has 0 radical (unpaired) electrons. The summed E-state index contributed by atoms with van der Waals surface area (Å²) in [6.45, 7) is 2.11. The smallest absolute Gasteiger partial charge is 0.317 e. The Morgan fingerprint density at radius 1 is 1.20 bits per heavy atom. The number of aliphatic carboxylic acids is 2. The molecular formula is C10H18O4S. The van der Waals surface area contributed by atoms with Crippen LogP contribution >= 0.6 is 11.8 Å². The Labute approximate surface area is 94.1 Å². The third-order valence-electron chi connectivity index (χ3n) is 1.95. The molecule has 0 aromatic carbocycles. The van der Waals surface area contributed by atoms with E-state index in [0.29, 0.717) is 0 Å². The Morgan fingerprint density at radius 3 is 2.33 bits per heavy atom. The molecule has 0 aromatic rings. The SMILES string of the molecule is CCCCCCS[C@@H](CC(=O)O)C(=O)O. The monoisotopic (exact) mass is 234 g/mol. The summed E-state index contributed by atoms with van der Waals surface area (Å²) >= 11 is 1.23. The predicted octanol–water partition coefficient (Wildman–Crippen LogP) is 2.23. The Hall–Kier alpha value is -0.710. The van der Waals surface area contributed by atoms with Crippen molar-refractivity contribution < 1.29 is 19.8 Å². The second kappa shape index (κ2) is 8.59. The van der Waals surface area contributed by atoms with Gasteiger partial charge >= 0.3 is 11.9 Å². The Kier molecular flexibility index (Phi) is 8.18. The lowest BCUT2D eigenvalue weighted by atomic mass is 10.2. The first-order valence-electron chi connectivity index (χ1n) is 5.14. The minimum absolute atomic E-state index is 0.298. The Morgan fingerprint density at radius 2 is 1.87 bits per heavy atom. The Bertz CT molecular complexity index is 206. The van der Waals surface area contributed by atoms with E-state index in [1.54, 1.807) is 0 Å². The highest BCUT2D eigenvalue weighted by Gasteiger charge is 2.20. The lowest BCUT2D eigenvalue weighted by molar-refractivity contribution is -0.142. The number of rotatable bonds is 9. The lowest BCUT2D eigenvalue weighted by Crippen LogP contribution is -2.20. The van der Waals surface area contributed by atoms with Gasteiger partial charge in [-0.25, -0.2) is 0 Å². The molecule has 0 spiro atoms. The van der Waals surface area contributed by atoms with Gasteiger partial charge in [-0.2, -0.15) is 0 Å². The maximum Gasteiger partial charge on any atom is 0.317 e. The normalized spacial score (nSPS) is 12.3. The van der Waals surface area contributed by atoms with Gasteiger partial charge in [-0.15, -0.1) is 11.8 Å². The van der Waals surface area contributed by atoms with E-state index in [1.165, 1.54) is 11.8 Å². The minimum Gasteiger partial charge on any atom is -0.481 e. The first-order valence-corrected chi connectivity index (χ1v) is 6.19. The molecule has 0 unspecified atom stereocenters. The van der Waals surface area contributed by atoms with Crippen molar-refractivity contribution in [1.82, 2.24) is 0 Å². The van der Waals surface area contributed by atoms with Gasteiger partial charge in [-0.1, -0.05) is 26.2 Å². The predicted molar refractivity (Wildman–Crippen MR) is 60.3 cm³/mol. The van der Waals surface area contributed by atoms with Crippen LogP contribution in [0.2, 0.25) is 0 Å². The van der Waals surface area contributed by atoms with Gasteiger partial charge in [0.25, 0.3) is 0 Å². The molecular weight excluding hydrogens is 216 g/mol. The van der Waals surface area contributed by atoms with Crippen LogP contribution in [0.3, 0.4) is 0 Å². The number of carboxylic acid groups (broad SMARTS) is 2. The highest BCUT2D eigenvalue weighted by atomic mass is 32.2. The molecule has 5 heteroatoms. The molecule has 88 valence electrons. The van der Waals surface area contributed by atoms with Crippen molar-refractivity contribution in [2.45, 2.75) is 44.3 Å². The molecule has 0 rings (SSSR count). The standard InChI is InChI=1S/C10H18O4S/c1-2-3-4-5-6-15-8(10(13)14)7-9(11)12/h8H,2-7H2,1H3,(H,11,12)(H,13,14)/t8-/m0/s1. The summed E-state index contributed by atoms with van der Waals surface area (Å²) in [6, 6.07) is 0. The second-order valence-corrected chi connectivity index (χ2v) is 4.67. The van der Waals surface area contributed by atoms with Crippen LogP contribution in [0.5, 0.6) is 0 Å². The summed E-state index contributed by atoms with van der Waals surface area (Å²) in [4.78, 5) is 21.0. The molecule has 0 aliphatic heterocycles. The van der Waals surface area contributed by atoms with Crippen LogP contribution in [0.15, 0.2) is 0 Å². The van der Waals surface area contributed by atoms with Gasteiger partial charge in [-0.05, 0) is 12.2 Å². The number of carboxylic acids is 2. The second-order valence-electron chi connectivity index (χ2n) is 3.36. The summed E-state index contributed by atoms with van der Waals surface area (Å²) in [5, 5.41) is 16.4. The molecule has 0 saturated heterocycles. The van der Waals surface area contributed by atoms with E-state index in [-0.39, 0.29) is 6.42 Å². The summed E-state index contributed by atoms with van der Waals surface area (Å²) in [5.41, 5.74) is 0. The third-order valence-corrected chi connectivity index (χ3v) is 3.25. The van der Waals surface area contributed by atoms with Crippen LogP contribution in [0.1, 0.15) is 39.0 Å². The molecule has 0 saturated carbocycles. The van der Waals surface area contributed by atoms with Crippen molar-refractivity contribution >= 4 is 23.7 Å². The third kappa shape index (κ3) is 8.30. The van der Waals surface area contributed by atoms with Crippen LogP contribution in [-0.2, 0) is 9.59 Å². The molecule has 0 bridgehead atoms. The van der Waals surface area contributed by atoms with Crippen molar-refractivity contribution in [3.63, 3.8) is 0 Å². The van der Waals surface area contributed by atoms with E-state index in [1.807, 2.05) is 0 Å². The number of thioether (sulfide) groups is 1. The topological polar surface area (TPSA) is 74.6 Å². The molecule has 2 N–H and O–H groups in total. The minimum atomic E-state index is -1.05. The van der Waals surface area contributed by atoms with Crippen molar-refractivity contribution in [3.05, 3.63) is 0 Å². The van der Waals surface area contributed by atoms with Gasteiger partial charge in [0.15, 0.2) is 0 Å². The highest BCUT2D eigenvalue weighted by molar-refractivity contribution is 8.00. The van der Waals surface area contributed by atoms with Crippen LogP contribution < -0.4 is 0 Å². The zero-order valence-electron chi connectivity index (χ0n) is 8.94. The summed E-state index contributed by atoms with van der Waals surface area (Å²) in [5.74, 6) is -1.36. The number of carbonyl (C=O) groups is 2. The maximum atomic E-state index is 10.7. The van der Waals surface area contributed by atoms with E-state index < -0.39 is 17.2 Å². The highest BCUT2D eigenvalue weighted by Crippen LogP contribution is 2.17. The van der Waals surface area contributed by atoms with Gasteiger partial charge in [-0.3, -0.25) is 9.59 Å². The molecule has 1 atom stereocenters.